The van der Waals surface area contributed by atoms with Crippen molar-refractivity contribution >= 4 is 35.0 Å². The molecule has 3 aliphatic rings. The van der Waals surface area contributed by atoms with E-state index in [1.807, 2.05) is 53.4 Å². The summed E-state index contributed by atoms with van der Waals surface area (Å²) in [4.78, 5) is 32.0. The second-order valence-corrected chi connectivity index (χ2v) is 10.0. The number of nitrogens with zero attached hydrogens (tertiary/aromatic N) is 3. The largest absolute Gasteiger partial charge is 0.494 e. The summed E-state index contributed by atoms with van der Waals surface area (Å²) in [6.45, 7) is 6.25. The zero-order valence-electron chi connectivity index (χ0n) is 19.6. The first kappa shape index (κ1) is 23.2. The van der Waals surface area contributed by atoms with Crippen LogP contribution in [-0.4, -0.2) is 62.0 Å². The monoisotopic (exact) mass is 481 g/mol. The van der Waals surface area contributed by atoms with E-state index in [-0.39, 0.29) is 17.6 Å². The molecule has 2 amide bonds. The molecule has 2 fully saturated rings. The quantitative estimate of drug-likeness (QED) is 0.534. The van der Waals surface area contributed by atoms with Crippen LogP contribution in [0.4, 0.5) is 11.4 Å². The van der Waals surface area contributed by atoms with Crippen molar-refractivity contribution in [2.75, 3.05) is 55.1 Å². The van der Waals surface area contributed by atoms with Crippen LogP contribution in [0.25, 0.3) is 0 Å². The fourth-order valence-corrected chi connectivity index (χ4v) is 6.23. The minimum absolute atomic E-state index is 0.0574. The van der Waals surface area contributed by atoms with Crippen molar-refractivity contribution in [2.24, 2.45) is 0 Å². The molecule has 0 N–H and O–H groups in total. The minimum Gasteiger partial charge on any atom is -0.494 e. The van der Waals surface area contributed by atoms with Crippen molar-refractivity contribution in [3.63, 3.8) is 0 Å². The fraction of sp³-hybridized carbons (Fsp3) is 0.462. The molecule has 1 spiro atoms. The molecule has 0 radical (unpaired) electrons. The number of anilines is 2. The van der Waals surface area contributed by atoms with Gasteiger partial charge in [0.05, 0.1) is 37.9 Å². The summed E-state index contributed by atoms with van der Waals surface area (Å²) >= 11 is 1.41. The normalized spacial score (nSPS) is 22.6. The maximum atomic E-state index is 14.1. The zero-order valence-corrected chi connectivity index (χ0v) is 20.4. The molecule has 0 aromatic heterocycles. The molecular weight excluding hydrogens is 450 g/mol. The predicted octanol–water partition coefficient (Wildman–Crippen LogP) is 3.82. The van der Waals surface area contributed by atoms with E-state index in [2.05, 4.69) is 11.8 Å². The van der Waals surface area contributed by atoms with E-state index in [1.54, 1.807) is 4.90 Å². The molecule has 8 heteroatoms. The summed E-state index contributed by atoms with van der Waals surface area (Å²) in [5, 5.41) is 0. The summed E-state index contributed by atoms with van der Waals surface area (Å²) in [6, 6.07) is 15.4. The Morgan fingerprint density at radius 2 is 1.79 bits per heavy atom. The minimum atomic E-state index is -1.08. The van der Waals surface area contributed by atoms with Crippen LogP contribution < -0.4 is 14.5 Å². The van der Waals surface area contributed by atoms with Crippen molar-refractivity contribution in [3.05, 3.63) is 54.1 Å². The van der Waals surface area contributed by atoms with Gasteiger partial charge in [-0.05, 0) is 36.8 Å². The van der Waals surface area contributed by atoms with E-state index in [0.717, 1.165) is 49.4 Å². The Morgan fingerprint density at radius 1 is 1.03 bits per heavy atom. The molecule has 0 aliphatic carbocycles. The Hall–Kier alpha value is -2.55. The molecule has 34 heavy (non-hydrogen) atoms. The number of hydrogen-bond acceptors (Lipinski definition) is 6. The lowest BCUT2D eigenvalue weighted by Gasteiger charge is -2.35. The number of benzene rings is 2. The lowest BCUT2D eigenvalue weighted by molar-refractivity contribution is -0.124. The highest BCUT2D eigenvalue weighted by Crippen LogP contribution is 2.55. The number of carbonyl (C=O) groups excluding carboxylic acids is 2. The number of ether oxygens (including phenoxy) is 2. The predicted molar refractivity (Wildman–Crippen MR) is 134 cm³/mol. The zero-order chi connectivity index (χ0) is 23.5. The van der Waals surface area contributed by atoms with Crippen LogP contribution in [0.2, 0.25) is 0 Å². The van der Waals surface area contributed by atoms with Crippen LogP contribution in [0.15, 0.2) is 48.5 Å². The molecule has 180 valence electrons. The molecule has 2 aromatic carbocycles. The number of hydrogen-bond donors (Lipinski definition) is 0. The van der Waals surface area contributed by atoms with Crippen molar-refractivity contribution in [1.82, 2.24) is 4.90 Å². The van der Waals surface area contributed by atoms with E-state index in [1.165, 1.54) is 11.8 Å². The van der Waals surface area contributed by atoms with Crippen LogP contribution >= 0.6 is 11.8 Å². The Bertz CT molecular complexity index is 1040. The lowest BCUT2D eigenvalue weighted by Crippen LogP contribution is -2.52. The number of unbranched alkanes of at least 4 members (excludes halogenated alkanes) is 2. The highest BCUT2D eigenvalue weighted by molar-refractivity contribution is 8.02. The summed E-state index contributed by atoms with van der Waals surface area (Å²) in [5.41, 5.74) is 2.47. The highest BCUT2D eigenvalue weighted by Gasteiger charge is 2.61. The van der Waals surface area contributed by atoms with Gasteiger partial charge in [0.15, 0.2) is 0 Å². The van der Waals surface area contributed by atoms with Gasteiger partial charge < -0.3 is 9.47 Å². The molecule has 0 saturated carbocycles. The summed E-state index contributed by atoms with van der Waals surface area (Å²) in [7, 11) is 0. The van der Waals surface area contributed by atoms with E-state index >= 15 is 0 Å². The average molecular weight is 482 g/mol. The number of carbonyl (C=O) groups is 2. The summed E-state index contributed by atoms with van der Waals surface area (Å²) in [5.74, 6) is 0.926. The molecule has 7 nitrogen and oxygen atoms in total. The number of fused-ring (bicyclic) bond motifs is 2. The van der Waals surface area contributed by atoms with Gasteiger partial charge in [-0.25, -0.2) is 0 Å². The third-order valence-electron chi connectivity index (χ3n) is 6.62. The van der Waals surface area contributed by atoms with Crippen molar-refractivity contribution in [3.8, 4) is 5.75 Å². The SMILES string of the molecule is CCCCCOc1ccc(N2C(=O)CS[C@]23C(=O)N(CN2CCOCC2)c2ccccc23)cc1. The molecule has 0 unspecified atom stereocenters. The van der Waals surface area contributed by atoms with Gasteiger partial charge in [0.25, 0.3) is 5.91 Å². The van der Waals surface area contributed by atoms with E-state index in [4.69, 9.17) is 9.47 Å². The van der Waals surface area contributed by atoms with Gasteiger partial charge >= 0.3 is 0 Å². The van der Waals surface area contributed by atoms with Gasteiger partial charge in [-0.3, -0.25) is 24.3 Å². The van der Waals surface area contributed by atoms with Crippen molar-refractivity contribution in [2.45, 2.75) is 31.1 Å². The van der Waals surface area contributed by atoms with E-state index in [0.29, 0.717) is 32.2 Å². The number of morpholine rings is 1. The van der Waals surface area contributed by atoms with E-state index in [9.17, 15) is 9.59 Å². The topological polar surface area (TPSA) is 62.3 Å². The number of amides is 2. The van der Waals surface area contributed by atoms with Crippen LogP contribution in [0, 0.1) is 0 Å². The molecular formula is C26H31N3O4S. The van der Waals surface area contributed by atoms with Gasteiger partial charge in [-0.1, -0.05) is 38.0 Å². The molecule has 0 bridgehead atoms. The van der Waals surface area contributed by atoms with Gasteiger partial charge in [0.1, 0.15) is 5.75 Å². The maximum absolute atomic E-state index is 14.1. The average Bonchev–Trinajstić information content (AvgIpc) is 3.34. The van der Waals surface area contributed by atoms with Gasteiger partial charge in [-0.2, -0.15) is 0 Å². The second kappa shape index (κ2) is 9.98. The van der Waals surface area contributed by atoms with Crippen molar-refractivity contribution in [1.29, 1.82) is 0 Å². The summed E-state index contributed by atoms with van der Waals surface area (Å²) in [6.07, 6.45) is 3.31. The Morgan fingerprint density at radius 3 is 2.56 bits per heavy atom. The maximum Gasteiger partial charge on any atom is 0.269 e. The van der Waals surface area contributed by atoms with Crippen molar-refractivity contribution < 1.29 is 19.1 Å². The molecule has 3 heterocycles. The van der Waals surface area contributed by atoms with Gasteiger partial charge in [0.2, 0.25) is 10.8 Å². The first-order chi connectivity index (χ1) is 16.6. The molecule has 2 aromatic rings. The molecule has 3 aliphatic heterocycles. The Kier molecular flexibility index (Phi) is 6.81. The highest BCUT2D eigenvalue weighted by atomic mass is 32.2. The first-order valence-electron chi connectivity index (χ1n) is 12.1. The number of para-hydroxylation sites is 1. The van der Waals surface area contributed by atoms with E-state index < -0.39 is 4.87 Å². The third kappa shape index (κ3) is 4.08. The Balaban J connectivity index is 1.44. The molecule has 5 rings (SSSR count). The second-order valence-electron chi connectivity index (χ2n) is 8.83. The van der Waals surface area contributed by atoms with Crippen LogP contribution in [0.3, 0.4) is 0 Å². The Labute approximate surface area is 205 Å². The molecule has 1 atom stereocenters. The van der Waals surface area contributed by atoms with Gasteiger partial charge in [-0.15, -0.1) is 11.8 Å². The standard InChI is InChI=1S/C26H31N3O4S/c1-2-3-6-15-33-21-11-9-20(10-12-21)29-24(30)18-34-26(29)22-7-4-5-8-23(22)28(25(26)31)19-27-13-16-32-17-14-27/h4-5,7-12H,2-3,6,13-19H2,1H3/t26-/m1/s1. The smallest absolute Gasteiger partial charge is 0.269 e. The third-order valence-corrected chi connectivity index (χ3v) is 8.01. The van der Waals surface area contributed by atoms with Gasteiger partial charge in [0, 0.05) is 24.3 Å². The van der Waals surface area contributed by atoms with Crippen LogP contribution in [-0.2, 0) is 19.2 Å². The molecule has 2 saturated heterocycles. The number of thioether (sulfide) groups is 1. The fourth-order valence-electron chi connectivity index (χ4n) is 4.87. The number of rotatable bonds is 8. The van der Waals surface area contributed by atoms with Crippen LogP contribution in [0.1, 0.15) is 31.7 Å². The lowest BCUT2D eigenvalue weighted by atomic mass is 10.0. The summed E-state index contributed by atoms with van der Waals surface area (Å²) < 4.78 is 11.3. The first-order valence-corrected chi connectivity index (χ1v) is 13.0. The van der Waals surface area contributed by atoms with Crippen LogP contribution in [0.5, 0.6) is 5.75 Å².